The van der Waals surface area contributed by atoms with Crippen molar-refractivity contribution in [1.82, 2.24) is 0 Å². The summed E-state index contributed by atoms with van der Waals surface area (Å²) in [5.41, 5.74) is 3.40. The number of esters is 1. The molecule has 2 N–H and O–H groups in total. The van der Waals surface area contributed by atoms with Crippen molar-refractivity contribution in [2.75, 3.05) is 17.2 Å². The van der Waals surface area contributed by atoms with Crippen LogP contribution in [0.3, 0.4) is 0 Å². The van der Waals surface area contributed by atoms with Crippen LogP contribution in [-0.2, 0) is 19.1 Å². The Bertz CT molecular complexity index is 1250. The molecule has 0 aliphatic heterocycles. The van der Waals surface area contributed by atoms with Crippen LogP contribution in [0.25, 0.3) is 0 Å². The van der Waals surface area contributed by atoms with Crippen molar-refractivity contribution >= 4 is 52.4 Å². The number of hydrogen-bond acceptors (Lipinski definition) is 5. The SMILES string of the molecule is Cc1ccc(Oc2ccc(NC(=O)CCCC(=O)OCC(=O)Nc3ccc(Cl)c(Cl)c3)cc2)cc1C. The molecule has 9 heteroatoms. The Morgan fingerprint density at radius 2 is 1.39 bits per heavy atom. The van der Waals surface area contributed by atoms with E-state index in [0.29, 0.717) is 27.2 Å². The second-order valence-electron chi connectivity index (χ2n) is 8.11. The van der Waals surface area contributed by atoms with Crippen LogP contribution in [0.15, 0.2) is 60.7 Å². The Hall–Kier alpha value is -3.55. The molecule has 3 aromatic carbocycles. The molecule has 7 nitrogen and oxygen atoms in total. The molecule has 3 aromatic rings. The van der Waals surface area contributed by atoms with E-state index in [9.17, 15) is 14.4 Å². The topological polar surface area (TPSA) is 93.7 Å². The lowest BCUT2D eigenvalue weighted by atomic mass is 10.1. The van der Waals surface area contributed by atoms with Crippen LogP contribution in [0.2, 0.25) is 10.0 Å². The summed E-state index contributed by atoms with van der Waals surface area (Å²) in [6.07, 6.45) is 0.425. The molecule has 0 atom stereocenters. The van der Waals surface area contributed by atoms with Gasteiger partial charge in [0.05, 0.1) is 10.0 Å². The smallest absolute Gasteiger partial charge is 0.306 e. The van der Waals surface area contributed by atoms with Gasteiger partial charge in [-0.05, 0) is 86.0 Å². The van der Waals surface area contributed by atoms with Crippen molar-refractivity contribution in [2.45, 2.75) is 33.1 Å². The van der Waals surface area contributed by atoms with Crippen LogP contribution in [0.5, 0.6) is 11.5 Å². The quantitative estimate of drug-likeness (QED) is 0.285. The van der Waals surface area contributed by atoms with Gasteiger partial charge in [-0.3, -0.25) is 14.4 Å². The highest BCUT2D eigenvalue weighted by Gasteiger charge is 2.11. The minimum Gasteiger partial charge on any atom is -0.457 e. The van der Waals surface area contributed by atoms with Crippen molar-refractivity contribution in [2.24, 2.45) is 0 Å². The molecule has 0 unspecified atom stereocenters. The van der Waals surface area contributed by atoms with Crippen LogP contribution in [0.4, 0.5) is 11.4 Å². The molecule has 0 spiro atoms. The Labute approximate surface area is 219 Å². The summed E-state index contributed by atoms with van der Waals surface area (Å²) in [4.78, 5) is 36.0. The number of benzene rings is 3. The van der Waals surface area contributed by atoms with Gasteiger partial charge in [0.15, 0.2) is 6.61 Å². The minimum atomic E-state index is -0.570. The first-order chi connectivity index (χ1) is 17.2. The third-order valence-electron chi connectivity index (χ3n) is 5.20. The lowest BCUT2D eigenvalue weighted by molar-refractivity contribution is -0.147. The largest absolute Gasteiger partial charge is 0.457 e. The number of rotatable bonds is 10. The molecule has 0 aliphatic rings. The average Bonchev–Trinajstić information content (AvgIpc) is 2.84. The predicted octanol–water partition coefficient (Wildman–Crippen LogP) is 6.69. The maximum atomic E-state index is 12.2. The normalized spacial score (nSPS) is 10.4. The van der Waals surface area contributed by atoms with Crippen LogP contribution < -0.4 is 15.4 Å². The van der Waals surface area contributed by atoms with Crippen molar-refractivity contribution in [3.05, 3.63) is 81.8 Å². The molecule has 2 amide bonds. The van der Waals surface area contributed by atoms with Gasteiger partial charge in [-0.2, -0.15) is 0 Å². The average molecular weight is 529 g/mol. The van der Waals surface area contributed by atoms with Gasteiger partial charge in [0, 0.05) is 24.2 Å². The number of hydrogen-bond donors (Lipinski definition) is 2. The third kappa shape index (κ3) is 8.59. The summed E-state index contributed by atoms with van der Waals surface area (Å²) in [5, 5.41) is 6.00. The molecule has 3 rings (SSSR count). The van der Waals surface area contributed by atoms with Gasteiger partial charge in [-0.1, -0.05) is 29.3 Å². The van der Waals surface area contributed by atoms with E-state index in [-0.39, 0.29) is 25.2 Å². The number of aryl methyl sites for hydroxylation is 2. The fourth-order valence-electron chi connectivity index (χ4n) is 3.13. The van der Waals surface area contributed by atoms with Gasteiger partial charge in [0.2, 0.25) is 5.91 Å². The molecule has 0 bridgehead atoms. The maximum Gasteiger partial charge on any atom is 0.306 e. The van der Waals surface area contributed by atoms with E-state index >= 15 is 0 Å². The highest BCUT2D eigenvalue weighted by atomic mass is 35.5. The summed E-state index contributed by atoms with van der Waals surface area (Å²) in [7, 11) is 0. The van der Waals surface area contributed by atoms with E-state index in [0.717, 1.165) is 11.3 Å². The summed E-state index contributed by atoms with van der Waals surface area (Å²) in [6, 6.07) is 17.5. The molecule has 0 saturated heterocycles. The number of nitrogens with one attached hydrogen (secondary N) is 2. The maximum absolute atomic E-state index is 12.2. The molecule has 0 heterocycles. The zero-order chi connectivity index (χ0) is 26.1. The first kappa shape index (κ1) is 27.0. The molecule has 36 heavy (non-hydrogen) atoms. The molecule has 0 saturated carbocycles. The number of amides is 2. The van der Waals surface area contributed by atoms with Crippen molar-refractivity contribution in [3.8, 4) is 11.5 Å². The van der Waals surface area contributed by atoms with Gasteiger partial charge >= 0.3 is 5.97 Å². The van der Waals surface area contributed by atoms with Gasteiger partial charge < -0.3 is 20.1 Å². The first-order valence-corrected chi connectivity index (χ1v) is 12.0. The van der Waals surface area contributed by atoms with Crippen LogP contribution in [-0.4, -0.2) is 24.4 Å². The predicted molar refractivity (Wildman–Crippen MR) is 141 cm³/mol. The van der Waals surface area contributed by atoms with Crippen molar-refractivity contribution in [1.29, 1.82) is 0 Å². The molecular weight excluding hydrogens is 503 g/mol. The molecule has 0 fully saturated rings. The fraction of sp³-hybridized carbons (Fsp3) is 0.222. The fourth-order valence-corrected chi connectivity index (χ4v) is 3.42. The summed E-state index contributed by atoms with van der Waals surface area (Å²) < 4.78 is 10.8. The Kier molecular flexibility index (Phi) is 9.73. The zero-order valence-electron chi connectivity index (χ0n) is 19.9. The van der Waals surface area contributed by atoms with Gasteiger partial charge in [0.1, 0.15) is 11.5 Å². The van der Waals surface area contributed by atoms with E-state index < -0.39 is 18.5 Å². The third-order valence-corrected chi connectivity index (χ3v) is 5.94. The Morgan fingerprint density at radius 3 is 2.08 bits per heavy atom. The number of anilines is 2. The summed E-state index contributed by atoms with van der Waals surface area (Å²) >= 11 is 11.7. The Balaban J connectivity index is 1.34. The van der Waals surface area contributed by atoms with Crippen LogP contribution in [0, 0.1) is 13.8 Å². The monoisotopic (exact) mass is 528 g/mol. The zero-order valence-corrected chi connectivity index (χ0v) is 21.4. The van der Waals surface area contributed by atoms with E-state index in [1.54, 1.807) is 36.4 Å². The van der Waals surface area contributed by atoms with Crippen LogP contribution in [0.1, 0.15) is 30.4 Å². The number of carbonyl (C=O) groups is 3. The summed E-state index contributed by atoms with van der Waals surface area (Å²) in [6.45, 7) is 3.62. The van der Waals surface area contributed by atoms with Crippen molar-refractivity contribution < 1.29 is 23.9 Å². The lowest BCUT2D eigenvalue weighted by Gasteiger charge is -2.10. The second-order valence-corrected chi connectivity index (χ2v) is 8.93. The Morgan fingerprint density at radius 1 is 0.722 bits per heavy atom. The molecule has 0 radical (unpaired) electrons. The molecule has 188 valence electrons. The van der Waals surface area contributed by atoms with Crippen molar-refractivity contribution in [3.63, 3.8) is 0 Å². The van der Waals surface area contributed by atoms with Gasteiger partial charge in [-0.25, -0.2) is 0 Å². The van der Waals surface area contributed by atoms with Crippen LogP contribution >= 0.6 is 23.2 Å². The first-order valence-electron chi connectivity index (χ1n) is 11.2. The summed E-state index contributed by atoms with van der Waals surface area (Å²) in [5.74, 6) is 0.0863. The lowest BCUT2D eigenvalue weighted by Crippen LogP contribution is -2.21. The molecule has 0 aromatic heterocycles. The number of ether oxygens (including phenoxy) is 2. The van der Waals surface area contributed by atoms with E-state index in [1.807, 2.05) is 32.0 Å². The highest BCUT2D eigenvalue weighted by Crippen LogP contribution is 2.26. The van der Waals surface area contributed by atoms with Gasteiger partial charge in [-0.15, -0.1) is 0 Å². The standard InChI is InChI=1S/C27H26Cl2N2O5/c1-17-6-10-22(14-18(17)2)36-21-11-7-19(8-12-21)30-25(32)4-3-5-27(34)35-16-26(33)31-20-9-13-23(28)24(29)15-20/h6-15H,3-5,16H2,1-2H3,(H,30,32)(H,31,33). The minimum absolute atomic E-state index is 0.0101. The second kappa shape index (κ2) is 13.0. The molecular formula is C27H26Cl2N2O5. The number of halogens is 2. The highest BCUT2D eigenvalue weighted by molar-refractivity contribution is 6.42. The van der Waals surface area contributed by atoms with E-state index in [4.69, 9.17) is 32.7 Å². The van der Waals surface area contributed by atoms with E-state index in [2.05, 4.69) is 10.6 Å². The molecule has 0 aliphatic carbocycles. The van der Waals surface area contributed by atoms with Gasteiger partial charge in [0.25, 0.3) is 5.91 Å². The number of carbonyl (C=O) groups excluding carboxylic acids is 3. The van der Waals surface area contributed by atoms with E-state index in [1.165, 1.54) is 11.6 Å².